The van der Waals surface area contributed by atoms with Crippen molar-refractivity contribution in [2.75, 3.05) is 26.9 Å². The van der Waals surface area contributed by atoms with Gasteiger partial charge in [-0.1, -0.05) is 0 Å². The molecule has 0 saturated heterocycles. The minimum Gasteiger partial charge on any atom is -0.382 e. The maximum absolute atomic E-state index is 5.76. The molecule has 0 aliphatic heterocycles. The Kier molecular flexibility index (Phi) is 9.12. The second kappa shape index (κ2) is 9.53. The van der Waals surface area contributed by atoms with Crippen molar-refractivity contribution >= 4 is 0 Å². The molecule has 0 aromatic heterocycles. The highest BCUT2D eigenvalue weighted by atomic mass is 16.5. The van der Waals surface area contributed by atoms with E-state index in [1.165, 1.54) is 0 Å². The summed E-state index contributed by atoms with van der Waals surface area (Å²) in [5.74, 6) is 2.58. The van der Waals surface area contributed by atoms with E-state index >= 15 is 0 Å². The summed E-state index contributed by atoms with van der Waals surface area (Å²) in [6, 6.07) is 0.102. The summed E-state index contributed by atoms with van der Waals surface area (Å²) in [7, 11) is 1.65. The van der Waals surface area contributed by atoms with Crippen molar-refractivity contribution in [2.45, 2.75) is 25.3 Å². The number of hydrogen-bond acceptors (Lipinski definition) is 3. The van der Waals surface area contributed by atoms with Gasteiger partial charge in [-0.15, -0.1) is 12.3 Å². The van der Waals surface area contributed by atoms with E-state index in [9.17, 15) is 0 Å². The molecule has 1 unspecified atom stereocenters. The van der Waals surface area contributed by atoms with Gasteiger partial charge in [0.1, 0.15) is 0 Å². The zero-order chi connectivity index (χ0) is 9.94. The van der Waals surface area contributed by atoms with Crippen molar-refractivity contribution in [1.29, 1.82) is 0 Å². The predicted octanol–water partition coefficient (Wildman–Crippen LogP) is 0.780. The molecule has 13 heavy (non-hydrogen) atoms. The van der Waals surface area contributed by atoms with E-state index in [4.69, 9.17) is 21.6 Å². The van der Waals surface area contributed by atoms with Gasteiger partial charge in [-0.2, -0.15) is 0 Å². The first-order chi connectivity index (χ1) is 6.31. The molecule has 0 amide bonds. The fourth-order valence-electron chi connectivity index (χ4n) is 0.927. The van der Waals surface area contributed by atoms with Crippen LogP contribution in [0.4, 0.5) is 0 Å². The van der Waals surface area contributed by atoms with Gasteiger partial charge in [0.05, 0.1) is 19.8 Å². The third-order valence-corrected chi connectivity index (χ3v) is 1.66. The monoisotopic (exact) mass is 185 g/mol. The van der Waals surface area contributed by atoms with E-state index in [2.05, 4.69) is 5.92 Å². The van der Waals surface area contributed by atoms with Gasteiger partial charge in [0.2, 0.25) is 0 Å². The maximum atomic E-state index is 5.76. The van der Waals surface area contributed by atoms with Gasteiger partial charge in [0.15, 0.2) is 0 Å². The second-order valence-electron chi connectivity index (χ2n) is 2.92. The highest BCUT2D eigenvalue weighted by Crippen LogP contribution is 1.98. The van der Waals surface area contributed by atoms with Gasteiger partial charge in [-0.3, -0.25) is 0 Å². The lowest BCUT2D eigenvalue weighted by molar-refractivity contribution is 0.0625. The molecule has 0 bridgehead atoms. The minimum absolute atomic E-state index is 0.102. The van der Waals surface area contributed by atoms with Crippen LogP contribution in [0, 0.1) is 12.3 Å². The molecule has 0 radical (unpaired) electrons. The van der Waals surface area contributed by atoms with E-state index in [-0.39, 0.29) is 6.04 Å². The normalized spacial score (nSPS) is 12.4. The summed E-state index contributed by atoms with van der Waals surface area (Å²) in [5, 5.41) is 0. The number of ether oxygens (including phenoxy) is 2. The summed E-state index contributed by atoms with van der Waals surface area (Å²) in [6.07, 6.45) is 7.82. The SMILES string of the molecule is C#CCCCC(N)COCCOC. The number of terminal acetylenes is 1. The summed E-state index contributed by atoms with van der Waals surface area (Å²) in [6.45, 7) is 1.82. The predicted molar refractivity (Wildman–Crippen MR) is 53.4 cm³/mol. The molecular formula is C10H19NO2. The molecule has 3 nitrogen and oxygen atoms in total. The Morgan fingerprint density at radius 2 is 2.23 bits per heavy atom. The van der Waals surface area contributed by atoms with Gasteiger partial charge in [-0.25, -0.2) is 0 Å². The van der Waals surface area contributed by atoms with E-state index < -0.39 is 0 Å². The molecule has 0 saturated carbocycles. The molecule has 0 spiro atoms. The summed E-state index contributed by atoms with van der Waals surface area (Å²) >= 11 is 0. The maximum Gasteiger partial charge on any atom is 0.0701 e. The Balaban J connectivity index is 3.11. The average molecular weight is 185 g/mol. The van der Waals surface area contributed by atoms with Crippen molar-refractivity contribution in [2.24, 2.45) is 5.73 Å². The Hall–Kier alpha value is -0.560. The first-order valence-corrected chi connectivity index (χ1v) is 4.57. The largest absolute Gasteiger partial charge is 0.382 e. The first kappa shape index (κ1) is 12.4. The van der Waals surface area contributed by atoms with Crippen LogP contribution >= 0.6 is 0 Å². The van der Waals surface area contributed by atoms with Crippen LogP contribution < -0.4 is 5.73 Å². The Labute approximate surface area is 80.6 Å². The van der Waals surface area contributed by atoms with Crippen molar-refractivity contribution < 1.29 is 9.47 Å². The minimum atomic E-state index is 0.102. The lowest BCUT2D eigenvalue weighted by atomic mass is 10.1. The number of methoxy groups -OCH3 is 1. The molecule has 0 heterocycles. The second-order valence-corrected chi connectivity index (χ2v) is 2.92. The fraction of sp³-hybridized carbons (Fsp3) is 0.800. The van der Waals surface area contributed by atoms with Crippen LogP contribution in [0.1, 0.15) is 19.3 Å². The Morgan fingerprint density at radius 3 is 2.85 bits per heavy atom. The van der Waals surface area contributed by atoms with Crippen LogP contribution in [-0.2, 0) is 9.47 Å². The quantitative estimate of drug-likeness (QED) is 0.449. The van der Waals surface area contributed by atoms with Gasteiger partial charge in [0, 0.05) is 19.6 Å². The number of rotatable bonds is 8. The van der Waals surface area contributed by atoms with Gasteiger partial charge in [0.25, 0.3) is 0 Å². The lowest BCUT2D eigenvalue weighted by Gasteiger charge is -2.10. The molecule has 1 atom stereocenters. The zero-order valence-electron chi connectivity index (χ0n) is 8.29. The standard InChI is InChI=1S/C10H19NO2/c1-3-4-5-6-10(11)9-13-8-7-12-2/h1,10H,4-9,11H2,2H3. The summed E-state index contributed by atoms with van der Waals surface area (Å²) in [5.41, 5.74) is 5.76. The van der Waals surface area contributed by atoms with E-state index in [1.807, 2.05) is 0 Å². The van der Waals surface area contributed by atoms with E-state index in [1.54, 1.807) is 7.11 Å². The van der Waals surface area contributed by atoms with E-state index in [0.29, 0.717) is 19.8 Å². The molecule has 0 fully saturated rings. The van der Waals surface area contributed by atoms with Crippen molar-refractivity contribution in [3.05, 3.63) is 0 Å². The fourth-order valence-corrected chi connectivity index (χ4v) is 0.927. The summed E-state index contributed by atoms with van der Waals surface area (Å²) < 4.78 is 10.1. The molecule has 0 aromatic rings. The third kappa shape index (κ3) is 9.35. The average Bonchev–Trinajstić information content (AvgIpc) is 2.13. The van der Waals surface area contributed by atoms with Gasteiger partial charge < -0.3 is 15.2 Å². The number of hydrogen-bond donors (Lipinski definition) is 1. The molecule has 0 aromatic carbocycles. The van der Waals surface area contributed by atoms with Crippen LogP contribution in [-0.4, -0.2) is 33.0 Å². The highest BCUT2D eigenvalue weighted by Gasteiger charge is 2.01. The van der Waals surface area contributed by atoms with Gasteiger partial charge in [-0.05, 0) is 12.8 Å². The molecule has 76 valence electrons. The first-order valence-electron chi connectivity index (χ1n) is 4.57. The van der Waals surface area contributed by atoms with Crippen LogP contribution in [0.2, 0.25) is 0 Å². The molecule has 2 N–H and O–H groups in total. The van der Waals surface area contributed by atoms with Gasteiger partial charge >= 0.3 is 0 Å². The number of unbranched alkanes of at least 4 members (excludes halogenated alkanes) is 1. The number of nitrogens with two attached hydrogens (primary N) is 1. The van der Waals surface area contributed by atoms with Crippen LogP contribution in [0.25, 0.3) is 0 Å². The molecule has 0 aliphatic rings. The lowest BCUT2D eigenvalue weighted by Crippen LogP contribution is -2.26. The summed E-state index contributed by atoms with van der Waals surface area (Å²) in [4.78, 5) is 0. The highest BCUT2D eigenvalue weighted by molar-refractivity contribution is 4.83. The third-order valence-electron chi connectivity index (χ3n) is 1.66. The molecule has 0 aliphatic carbocycles. The Bertz CT molecular complexity index is 142. The van der Waals surface area contributed by atoms with Crippen molar-refractivity contribution in [1.82, 2.24) is 0 Å². The molecular weight excluding hydrogens is 166 g/mol. The van der Waals surface area contributed by atoms with Crippen LogP contribution in [0.3, 0.4) is 0 Å². The Morgan fingerprint density at radius 1 is 1.46 bits per heavy atom. The molecule has 0 rings (SSSR count). The van der Waals surface area contributed by atoms with Crippen molar-refractivity contribution in [3.8, 4) is 12.3 Å². The van der Waals surface area contributed by atoms with Crippen molar-refractivity contribution in [3.63, 3.8) is 0 Å². The zero-order valence-corrected chi connectivity index (χ0v) is 8.29. The topological polar surface area (TPSA) is 44.5 Å². The molecule has 3 heteroatoms. The van der Waals surface area contributed by atoms with Crippen LogP contribution in [0.5, 0.6) is 0 Å². The van der Waals surface area contributed by atoms with E-state index in [0.717, 1.165) is 19.3 Å². The van der Waals surface area contributed by atoms with Crippen LogP contribution in [0.15, 0.2) is 0 Å². The smallest absolute Gasteiger partial charge is 0.0701 e.